The molecule has 7 nitrogen and oxygen atoms in total. The predicted octanol–water partition coefficient (Wildman–Crippen LogP) is 2.97. The van der Waals surface area contributed by atoms with E-state index >= 15 is 0 Å². The maximum Gasteiger partial charge on any atom is 0.277 e. The van der Waals surface area contributed by atoms with Gasteiger partial charge in [0.25, 0.3) is 5.91 Å². The fourth-order valence-electron chi connectivity index (χ4n) is 3.66. The Bertz CT molecular complexity index is 1030. The zero-order valence-electron chi connectivity index (χ0n) is 15.3. The normalized spacial score (nSPS) is 16.7. The molecule has 0 saturated carbocycles. The van der Waals surface area contributed by atoms with Crippen LogP contribution in [0.4, 0.5) is 5.82 Å². The summed E-state index contributed by atoms with van der Waals surface area (Å²) < 4.78 is 1.91. The number of pyridine rings is 2. The molecule has 3 aromatic rings. The number of nitrogens with zero attached hydrogens (tertiary/aromatic N) is 4. The molecule has 27 heavy (non-hydrogen) atoms. The predicted molar refractivity (Wildman–Crippen MR) is 101 cm³/mol. The first kappa shape index (κ1) is 17.2. The zero-order chi connectivity index (χ0) is 19.0. The monoisotopic (exact) mass is 363 g/mol. The summed E-state index contributed by atoms with van der Waals surface area (Å²) in [5.41, 5.74) is 1.88. The minimum absolute atomic E-state index is 0.0279. The van der Waals surface area contributed by atoms with Crippen LogP contribution in [0.5, 0.6) is 0 Å². The van der Waals surface area contributed by atoms with E-state index in [1.807, 2.05) is 52.8 Å². The molecule has 1 aliphatic heterocycles. The third-order valence-electron chi connectivity index (χ3n) is 4.88. The molecule has 0 spiro atoms. The number of hydrogen-bond donors (Lipinski definition) is 1. The van der Waals surface area contributed by atoms with Crippen LogP contribution in [0.15, 0.2) is 42.6 Å². The van der Waals surface area contributed by atoms with Crippen molar-refractivity contribution in [3.63, 3.8) is 0 Å². The molecular formula is C20H21N5O2. The van der Waals surface area contributed by atoms with Gasteiger partial charge in [-0.3, -0.25) is 9.59 Å². The van der Waals surface area contributed by atoms with Crippen LogP contribution >= 0.6 is 0 Å². The Balaban J connectivity index is 1.74. The van der Waals surface area contributed by atoms with Crippen LogP contribution in [-0.2, 0) is 4.79 Å². The molecule has 1 saturated heterocycles. The molecule has 0 unspecified atom stereocenters. The number of aryl methyl sites for hydroxylation is 1. The molecule has 138 valence electrons. The molecule has 1 aliphatic rings. The SMILES string of the molecule is CC(=O)N1CCC[C@@H]1c1nc(C(=O)Nc2cccc(C)n2)c2ccccn12. The Hall–Kier alpha value is -3.22. The standard InChI is InChI=1S/C20H21N5O2/c1-13-7-5-10-17(21-13)22-20(27)18-15-8-3-4-11-25(15)19(23-18)16-9-6-12-24(16)14(2)26/h3-5,7-8,10-11,16H,6,9,12H2,1-2H3,(H,21,22,27)/t16-/m1/s1. The number of fused-ring (bicyclic) bond motifs is 1. The van der Waals surface area contributed by atoms with Crippen LogP contribution in [-0.4, -0.2) is 37.6 Å². The lowest BCUT2D eigenvalue weighted by atomic mass is 10.2. The number of carbonyl (C=O) groups is 2. The summed E-state index contributed by atoms with van der Waals surface area (Å²) >= 11 is 0. The first-order valence-electron chi connectivity index (χ1n) is 9.04. The number of likely N-dealkylation sites (tertiary alicyclic amines) is 1. The molecule has 0 aliphatic carbocycles. The van der Waals surface area contributed by atoms with Crippen LogP contribution in [0.3, 0.4) is 0 Å². The molecule has 1 atom stereocenters. The molecule has 0 bridgehead atoms. The highest BCUT2D eigenvalue weighted by Crippen LogP contribution is 2.32. The molecule has 4 heterocycles. The van der Waals surface area contributed by atoms with Crippen LogP contribution in [0, 0.1) is 6.92 Å². The minimum Gasteiger partial charge on any atom is -0.333 e. The van der Waals surface area contributed by atoms with E-state index in [2.05, 4.69) is 15.3 Å². The van der Waals surface area contributed by atoms with Crippen molar-refractivity contribution in [2.24, 2.45) is 0 Å². The molecule has 0 radical (unpaired) electrons. The van der Waals surface area contributed by atoms with Crippen LogP contribution in [0.1, 0.15) is 47.8 Å². The summed E-state index contributed by atoms with van der Waals surface area (Å²) in [6.45, 7) is 4.16. The second kappa shape index (κ2) is 6.83. The number of nitrogens with one attached hydrogen (secondary N) is 1. The molecule has 1 N–H and O–H groups in total. The summed E-state index contributed by atoms with van der Waals surface area (Å²) in [6, 6.07) is 11.0. The minimum atomic E-state index is -0.310. The maximum absolute atomic E-state index is 12.9. The van der Waals surface area contributed by atoms with Gasteiger partial charge in [0.2, 0.25) is 5.91 Å². The smallest absolute Gasteiger partial charge is 0.277 e. The van der Waals surface area contributed by atoms with Crippen molar-refractivity contribution in [1.29, 1.82) is 0 Å². The molecular weight excluding hydrogens is 342 g/mol. The van der Waals surface area contributed by atoms with Gasteiger partial charge in [0, 0.05) is 25.4 Å². The molecule has 7 heteroatoms. The average Bonchev–Trinajstić information content (AvgIpc) is 3.26. The Morgan fingerprint density at radius 3 is 2.78 bits per heavy atom. The highest BCUT2D eigenvalue weighted by atomic mass is 16.2. The van der Waals surface area contributed by atoms with Crippen molar-refractivity contribution in [3.8, 4) is 0 Å². The van der Waals surface area contributed by atoms with Gasteiger partial charge in [0.15, 0.2) is 5.69 Å². The molecule has 4 rings (SSSR count). The third kappa shape index (κ3) is 3.16. The zero-order valence-corrected chi connectivity index (χ0v) is 15.3. The van der Waals surface area contributed by atoms with Gasteiger partial charge in [-0.25, -0.2) is 9.97 Å². The van der Waals surface area contributed by atoms with E-state index < -0.39 is 0 Å². The fraction of sp³-hybridized carbons (Fsp3) is 0.300. The highest BCUT2D eigenvalue weighted by Gasteiger charge is 2.32. The van der Waals surface area contributed by atoms with E-state index in [1.165, 1.54) is 0 Å². The topological polar surface area (TPSA) is 79.6 Å². The van der Waals surface area contributed by atoms with Crippen LogP contribution < -0.4 is 5.32 Å². The highest BCUT2D eigenvalue weighted by molar-refractivity contribution is 6.07. The van der Waals surface area contributed by atoms with E-state index in [4.69, 9.17) is 0 Å². The number of rotatable bonds is 3. The summed E-state index contributed by atoms with van der Waals surface area (Å²) in [4.78, 5) is 35.7. The van der Waals surface area contributed by atoms with Gasteiger partial charge < -0.3 is 14.6 Å². The van der Waals surface area contributed by atoms with Crippen molar-refractivity contribution in [2.45, 2.75) is 32.7 Å². The van der Waals surface area contributed by atoms with Gasteiger partial charge in [0.1, 0.15) is 11.6 Å². The van der Waals surface area contributed by atoms with E-state index in [1.54, 1.807) is 13.0 Å². The van der Waals surface area contributed by atoms with Gasteiger partial charge in [-0.1, -0.05) is 12.1 Å². The lowest BCUT2D eigenvalue weighted by Crippen LogP contribution is -2.29. The Labute approximate surface area is 157 Å². The average molecular weight is 363 g/mol. The van der Waals surface area contributed by atoms with Gasteiger partial charge >= 0.3 is 0 Å². The molecule has 3 aromatic heterocycles. The summed E-state index contributed by atoms with van der Waals surface area (Å²) in [6.07, 6.45) is 3.66. The number of carbonyl (C=O) groups excluding carboxylic acids is 2. The number of anilines is 1. The van der Waals surface area contributed by atoms with Gasteiger partial charge in [-0.2, -0.15) is 0 Å². The second-order valence-electron chi connectivity index (χ2n) is 6.76. The molecule has 2 amide bonds. The van der Waals surface area contributed by atoms with Gasteiger partial charge in [-0.15, -0.1) is 0 Å². The fourth-order valence-corrected chi connectivity index (χ4v) is 3.66. The van der Waals surface area contributed by atoms with E-state index in [0.717, 1.165) is 30.9 Å². The lowest BCUT2D eigenvalue weighted by Gasteiger charge is -2.22. The van der Waals surface area contributed by atoms with Crippen molar-refractivity contribution in [1.82, 2.24) is 19.3 Å². The van der Waals surface area contributed by atoms with Crippen molar-refractivity contribution >= 4 is 23.1 Å². The first-order chi connectivity index (χ1) is 13.0. The summed E-state index contributed by atoms with van der Waals surface area (Å²) in [5.74, 6) is 0.932. The van der Waals surface area contributed by atoms with Crippen LogP contribution in [0.2, 0.25) is 0 Å². The van der Waals surface area contributed by atoms with Gasteiger partial charge in [0.05, 0.1) is 11.6 Å². The van der Waals surface area contributed by atoms with Crippen molar-refractivity contribution in [3.05, 3.63) is 59.8 Å². The first-order valence-corrected chi connectivity index (χ1v) is 9.04. The number of aromatic nitrogens is 3. The number of amides is 2. The van der Waals surface area contributed by atoms with E-state index in [-0.39, 0.29) is 17.9 Å². The molecule has 0 aromatic carbocycles. The Morgan fingerprint density at radius 2 is 2.00 bits per heavy atom. The van der Waals surface area contributed by atoms with Crippen molar-refractivity contribution in [2.75, 3.05) is 11.9 Å². The van der Waals surface area contributed by atoms with E-state index in [9.17, 15) is 9.59 Å². The number of hydrogen-bond acceptors (Lipinski definition) is 4. The van der Waals surface area contributed by atoms with E-state index in [0.29, 0.717) is 17.0 Å². The third-order valence-corrected chi connectivity index (χ3v) is 4.88. The molecule has 1 fully saturated rings. The quantitative estimate of drug-likeness (QED) is 0.776. The van der Waals surface area contributed by atoms with Gasteiger partial charge in [-0.05, 0) is 44.0 Å². The van der Waals surface area contributed by atoms with Crippen molar-refractivity contribution < 1.29 is 9.59 Å². The lowest BCUT2D eigenvalue weighted by molar-refractivity contribution is -0.129. The van der Waals surface area contributed by atoms with Crippen LogP contribution in [0.25, 0.3) is 5.52 Å². The maximum atomic E-state index is 12.9. The Kier molecular flexibility index (Phi) is 4.35. The summed E-state index contributed by atoms with van der Waals surface area (Å²) in [7, 11) is 0. The summed E-state index contributed by atoms with van der Waals surface area (Å²) in [5, 5.41) is 2.82. The second-order valence-corrected chi connectivity index (χ2v) is 6.76. The largest absolute Gasteiger partial charge is 0.333 e. The number of imidazole rings is 1. The Morgan fingerprint density at radius 1 is 1.15 bits per heavy atom.